The molecule has 0 N–H and O–H groups in total. The van der Waals surface area contributed by atoms with E-state index in [9.17, 15) is 4.79 Å². The number of thioether (sulfide) groups is 1. The standard InChI is InChI=1S/C18H15N3OS/c1-12-6-5-9-14(10-12)17-19-18-21(20-17)16(22)11-15(23-18)13-7-3-2-4-8-13/h2-10,15H,11H2,1H3/t15-/m0/s1. The summed E-state index contributed by atoms with van der Waals surface area (Å²) in [6.07, 6.45) is 0.443. The Balaban J connectivity index is 1.70. The van der Waals surface area contributed by atoms with Crippen LogP contribution in [-0.4, -0.2) is 20.7 Å². The van der Waals surface area contributed by atoms with Gasteiger partial charge in [0.1, 0.15) is 0 Å². The molecule has 4 rings (SSSR count). The molecule has 2 heterocycles. The van der Waals surface area contributed by atoms with Crippen molar-refractivity contribution in [3.05, 3.63) is 65.7 Å². The number of carbonyl (C=O) groups is 1. The Kier molecular flexibility index (Phi) is 3.50. The number of rotatable bonds is 2. The Morgan fingerprint density at radius 1 is 1.13 bits per heavy atom. The molecule has 0 fully saturated rings. The second kappa shape index (κ2) is 5.66. The normalized spacial score (nSPS) is 17.1. The predicted octanol–water partition coefficient (Wildman–Crippen LogP) is 4.13. The molecule has 23 heavy (non-hydrogen) atoms. The summed E-state index contributed by atoms with van der Waals surface area (Å²) in [6.45, 7) is 2.03. The Bertz CT molecular complexity index is 873. The van der Waals surface area contributed by atoms with Crippen molar-refractivity contribution in [1.82, 2.24) is 14.8 Å². The number of hydrogen-bond donors (Lipinski definition) is 0. The van der Waals surface area contributed by atoms with Crippen LogP contribution in [0.25, 0.3) is 11.4 Å². The highest BCUT2D eigenvalue weighted by atomic mass is 32.2. The van der Waals surface area contributed by atoms with E-state index in [2.05, 4.69) is 22.2 Å². The lowest BCUT2D eigenvalue weighted by molar-refractivity contribution is 0.0868. The maximum atomic E-state index is 12.4. The fraction of sp³-hybridized carbons (Fsp3) is 0.167. The number of benzene rings is 2. The first kappa shape index (κ1) is 14.2. The van der Waals surface area contributed by atoms with E-state index >= 15 is 0 Å². The van der Waals surface area contributed by atoms with Crippen molar-refractivity contribution < 1.29 is 4.79 Å². The third kappa shape index (κ3) is 2.68. The van der Waals surface area contributed by atoms with Crippen LogP contribution in [0.3, 0.4) is 0 Å². The zero-order chi connectivity index (χ0) is 15.8. The molecule has 4 nitrogen and oxygen atoms in total. The molecule has 1 aliphatic heterocycles. The number of hydrogen-bond acceptors (Lipinski definition) is 4. The van der Waals surface area contributed by atoms with Crippen molar-refractivity contribution >= 4 is 17.7 Å². The highest BCUT2D eigenvalue weighted by molar-refractivity contribution is 7.99. The van der Waals surface area contributed by atoms with Crippen LogP contribution in [0, 0.1) is 6.92 Å². The Morgan fingerprint density at radius 3 is 2.74 bits per heavy atom. The quantitative estimate of drug-likeness (QED) is 0.712. The van der Waals surface area contributed by atoms with Crippen LogP contribution in [0.15, 0.2) is 59.8 Å². The van der Waals surface area contributed by atoms with E-state index in [0.29, 0.717) is 17.4 Å². The van der Waals surface area contributed by atoms with Crippen LogP contribution in [-0.2, 0) is 0 Å². The molecule has 0 unspecified atom stereocenters. The van der Waals surface area contributed by atoms with Crippen LogP contribution >= 0.6 is 11.8 Å². The van der Waals surface area contributed by atoms with Crippen LogP contribution in [0.5, 0.6) is 0 Å². The molecular weight excluding hydrogens is 306 g/mol. The van der Waals surface area contributed by atoms with E-state index in [1.807, 2.05) is 49.4 Å². The summed E-state index contributed by atoms with van der Waals surface area (Å²) in [5, 5.41) is 5.18. The molecule has 0 saturated heterocycles. The lowest BCUT2D eigenvalue weighted by atomic mass is 10.1. The van der Waals surface area contributed by atoms with Crippen molar-refractivity contribution in [1.29, 1.82) is 0 Å². The first-order valence-corrected chi connectivity index (χ1v) is 8.37. The lowest BCUT2D eigenvalue weighted by Crippen LogP contribution is -2.20. The van der Waals surface area contributed by atoms with Crippen LogP contribution in [0.2, 0.25) is 0 Å². The van der Waals surface area contributed by atoms with E-state index in [1.54, 1.807) is 11.8 Å². The van der Waals surface area contributed by atoms with Crippen molar-refractivity contribution in [3.8, 4) is 11.4 Å². The molecule has 0 aliphatic carbocycles. The van der Waals surface area contributed by atoms with Gasteiger partial charge >= 0.3 is 0 Å². The van der Waals surface area contributed by atoms with Crippen LogP contribution in [0.1, 0.15) is 27.6 Å². The molecular formula is C18H15N3OS. The number of nitrogens with zero attached hydrogens (tertiary/aromatic N) is 3. The summed E-state index contributed by atoms with van der Waals surface area (Å²) < 4.78 is 1.45. The minimum atomic E-state index is -0.000920. The zero-order valence-electron chi connectivity index (χ0n) is 12.6. The maximum Gasteiger partial charge on any atom is 0.250 e. The van der Waals surface area contributed by atoms with E-state index in [-0.39, 0.29) is 11.2 Å². The minimum absolute atomic E-state index is 0.000920. The van der Waals surface area contributed by atoms with Gasteiger partial charge in [-0.05, 0) is 18.6 Å². The number of fused-ring (bicyclic) bond motifs is 1. The van der Waals surface area contributed by atoms with Gasteiger partial charge in [0.05, 0.1) is 0 Å². The van der Waals surface area contributed by atoms with Crippen molar-refractivity contribution in [2.45, 2.75) is 23.8 Å². The molecule has 2 aromatic carbocycles. The summed E-state index contributed by atoms with van der Waals surface area (Å²) >= 11 is 1.60. The molecule has 0 spiro atoms. The number of aromatic nitrogens is 3. The second-order valence-electron chi connectivity index (χ2n) is 5.61. The van der Waals surface area contributed by atoms with Gasteiger partial charge in [-0.2, -0.15) is 4.68 Å². The van der Waals surface area contributed by atoms with Gasteiger partial charge in [-0.25, -0.2) is 4.98 Å². The van der Waals surface area contributed by atoms with Crippen LogP contribution < -0.4 is 0 Å². The highest BCUT2D eigenvalue weighted by Crippen LogP contribution is 2.41. The Morgan fingerprint density at radius 2 is 1.96 bits per heavy atom. The molecule has 0 saturated carbocycles. The van der Waals surface area contributed by atoms with Crippen LogP contribution in [0.4, 0.5) is 0 Å². The first-order chi connectivity index (χ1) is 11.2. The van der Waals surface area contributed by atoms with Gasteiger partial charge in [0.25, 0.3) is 5.91 Å². The summed E-state index contributed by atoms with van der Waals surface area (Å²) in [6, 6.07) is 18.1. The van der Waals surface area contributed by atoms with Crippen molar-refractivity contribution in [2.24, 2.45) is 0 Å². The minimum Gasteiger partial charge on any atom is -0.272 e. The average Bonchev–Trinajstić information content (AvgIpc) is 3.00. The predicted molar refractivity (Wildman–Crippen MR) is 90.5 cm³/mol. The van der Waals surface area contributed by atoms with Gasteiger partial charge in [0.15, 0.2) is 11.0 Å². The van der Waals surface area contributed by atoms with E-state index in [4.69, 9.17) is 0 Å². The fourth-order valence-electron chi connectivity index (χ4n) is 2.71. The Labute approximate surface area is 138 Å². The highest BCUT2D eigenvalue weighted by Gasteiger charge is 2.30. The van der Waals surface area contributed by atoms with Gasteiger partial charge in [-0.3, -0.25) is 4.79 Å². The molecule has 0 amide bonds. The molecule has 1 aliphatic rings. The Hall–Kier alpha value is -2.40. The molecule has 1 aromatic heterocycles. The van der Waals surface area contributed by atoms with Gasteiger partial charge < -0.3 is 0 Å². The van der Waals surface area contributed by atoms with Crippen molar-refractivity contribution in [3.63, 3.8) is 0 Å². The molecule has 0 bridgehead atoms. The number of carbonyl (C=O) groups excluding carboxylic acids is 1. The second-order valence-corrected chi connectivity index (χ2v) is 6.78. The molecule has 114 valence electrons. The largest absolute Gasteiger partial charge is 0.272 e. The van der Waals surface area contributed by atoms with Gasteiger partial charge in [0.2, 0.25) is 0 Å². The maximum absolute atomic E-state index is 12.4. The number of aryl methyl sites for hydroxylation is 1. The zero-order valence-corrected chi connectivity index (χ0v) is 13.5. The lowest BCUT2D eigenvalue weighted by Gasteiger charge is -2.20. The van der Waals surface area contributed by atoms with Gasteiger partial charge in [0, 0.05) is 17.2 Å². The molecule has 1 atom stereocenters. The third-order valence-corrected chi connectivity index (χ3v) is 5.07. The van der Waals surface area contributed by atoms with Gasteiger partial charge in [-0.15, -0.1) is 5.10 Å². The average molecular weight is 321 g/mol. The van der Waals surface area contributed by atoms with E-state index < -0.39 is 0 Å². The molecule has 5 heteroatoms. The van der Waals surface area contributed by atoms with E-state index in [0.717, 1.165) is 16.7 Å². The fourth-order valence-corrected chi connectivity index (χ4v) is 3.87. The van der Waals surface area contributed by atoms with E-state index in [1.165, 1.54) is 4.68 Å². The van der Waals surface area contributed by atoms with Gasteiger partial charge in [-0.1, -0.05) is 65.9 Å². The summed E-state index contributed by atoms with van der Waals surface area (Å²) in [5.41, 5.74) is 3.24. The molecule has 3 aromatic rings. The SMILES string of the molecule is Cc1cccc(-c2nc3n(n2)C(=O)C[C@@H](c2ccccc2)S3)c1. The topological polar surface area (TPSA) is 47.8 Å². The third-order valence-electron chi connectivity index (χ3n) is 3.87. The monoisotopic (exact) mass is 321 g/mol. The summed E-state index contributed by atoms with van der Waals surface area (Å²) in [5.74, 6) is 0.609. The smallest absolute Gasteiger partial charge is 0.250 e. The van der Waals surface area contributed by atoms with Crippen molar-refractivity contribution in [2.75, 3.05) is 0 Å². The summed E-state index contributed by atoms with van der Waals surface area (Å²) in [4.78, 5) is 17.0. The molecule has 0 radical (unpaired) electrons. The first-order valence-electron chi connectivity index (χ1n) is 7.49. The summed E-state index contributed by atoms with van der Waals surface area (Å²) in [7, 11) is 0.